The summed E-state index contributed by atoms with van der Waals surface area (Å²) in [6.07, 6.45) is 3.54. The number of rotatable bonds is 7. The summed E-state index contributed by atoms with van der Waals surface area (Å²) in [5.74, 6) is -0.823. The van der Waals surface area contributed by atoms with Gasteiger partial charge in [0.25, 0.3) is 0 Å². The Bertz CT molecular complexity index is 346. The standard InChI is InChI=1S/C14H21NO2/c1-3-4-5-12-6-8-13(9-7-12)11(2)15-10-14(16)17/h6-9,11,15H,3-5,10H2,1-2H3,(H,16,17). The lowest BCUT2D eigenvalue weighted by atomic mass is 10.0. The minimum absolute atomic E-state index is 0.00124. The van der Waals surface area contributed by atoms with Gasteiger partial charge in [-0.1, -0.05) is 37.6 Å². The van der Waals surface area contributed by atoms with Gasteiger partial charge in [0.2, 0.25) is 0 Å². The number of unbranched alkanes of at least 4 members (excludes halogenated alkanes) is 1. The molecule has 1 unspecified atom stereocenters. The molecule has 94 valence electrons. The monoisotopic (exact) mass is 235 g/mol. The predicted octanol–water partition coefficient (Wildman–Crippen LogP) is 2.76. The summed E-state index contributed by atoms with van der Waals surface area (Å²) in [7, 11) is 0. The number of aliphatic carboxylic acids is 1. The van der Waals surface area contributed by atoms with Gasteiger partial charge < -0.3 is 10.4 Å². The summed E-state index contributed by atoms with van der Waals surface area (Å²) in [6.45, 7) is 4.16. The summed E-state index contributed by atoms with van der Waals surface area (Å²) in [5.41, 5.74) is 2.48. The topological polar surface area (TPSA) is 49.3 Å². The van der Waals surface area contributed by atoms with Crippen LogP contribution in [-0.2, 0) is 11.2 Å². The van der Waals surface area contributed by atoms with E-state index in [9.17, 15) is 4.79 Å². The van der Waals surface area contributed by atoms with E-state index < -0.39 is 5.97 Å². The minimum atomic E-state index is -0.823. The van der Waals surface area contributed by atoms with Gasteiger partial charge in [-0.05, 0) is 30.9 Å². The Morgan fingerprint density at radius 2 is 2.00 bits per heavy atom. The zero-order chi connectivity index (χ0) is 12.7. The van der Waals surface area contributed by atoms with E-state index in [-0.39, 0.29) is 12.6 Å². The maximum Gasteiger partial charge on any atom is 0.317 e. The van der Waals surface area contributed by atoms with Gasteiger partial charge in [-0.3, -0.25) is 4.79 Å². The van der Waals surface area contributed by atoms with Crippen LogP contribution in [0.2, 0.25) is 0 Å². The van der Waals surface area contributed by atoms with Gasteiger partial charge in [-0.2, -0.15) is 0 Å². The second-order valence-corrected chi connectivity index (χ2v) is 4.34. The zero-order valence-corrected chi connectivity index (χ0v) is 10.6. The van der Waals surface area contributed by atoms with Crippen LogP contribution in [-0.4, -0.2) is 17.6 Å². The summed E-state index contributed by atoms with van der Waals surface area (Å²) >= 11 is 0. The molecule has 0 aromatic heterocycles. The van der Waals surface area contributed by atoms with Crippen LogP contribution in [0.15, 0.2) is 24.3 Å². The second-order valence-electron chi connectivity index (χ2n) is 4.34. The van der Waals surface area contributed by atoms with E-state index in [0.717, 1.165) is 12.0 Å². The van der Waals surface area contributed by atoms with Crippen LogP contribution >= 0.6 is 0 Å². The highest BCUT2D eigenvalue weighted by molar-refractivity contribution is 5.69. The van der Waals surface area contributed by atoms with E-state index in [4.69, 9.17) is 5.11 Å². The van der Waals surface area contributed by atoms with Crippen molar-refractivity contribution in [3.8, 4) is 0 Å². The number of carbonyl (C=O) groups is 1. The Labute approximate surface area is 103 Å². The third kappa shape index (κ3) is 5.00. The van der Waals surface area contributed by atoms with E-state index in [1.807, 2.05) is 6.92 Å². The van der Waals surface area contributed by atoms with E-state index in [0.29, 0.717) is 0 Å². The van der Waals surface area contributed by atoms with Crippen LogP contribution in [0.1, 0.15) is 43.9 Å². The molecule has 1 rings (SSSR count). The smallest absolute Gasteiger partial charge is 0.317 e. The van der Waals surface area contributed by atoms with Crippen molar-refractivity contribution in [2.45, 2.75) is 39.2 Å². The normalized spacial score (nSPS) is 12.4. The molecule has 0 saturated heterocycles. The Balaban J connectivity index is 2.51. The van der Waals surface area contributed by atoms with E-state index >= 15 is 0 Å². The van der Waals surface area contributed by atoms with Crippen molar-refractivity contribution in [2.75, 3.05) is 6.54 Å². The highest BCUT2D eigenvalue weighted by Crippen LogP contribution is 2.14. The van der Waals surface area contributed by atoms with Crippen molar-refractivity contribution in [1.29, 1.82) is 0 Å². The molecule has 0 fully saturated rings. The maximum atomic E-state index is 10.4. The molecule has 0 aliphatic carbocycles. The van der Waals surface area contributed by atoms with Crippen molar-refractivity contribution in [3.63, 3.8) is 0 Å². The molecule has 17 heavy (non-hydrogen) atoms. The second kappa shape index (κ2) is 7.07. The Kier molecular flexibility index (Phi) is 5.70. The highest BCUT2D eigenvalue weighted by Gasteiger charge is 2.06. The lowest BCUT2D eigenvalue weighted by Crippen LogP contribution is -2.25. The van der Waals surface area contributed by atoms with Crippen LogP contribution < -0.4 is 5.32 Å². The molecule has 0 spiro atoms. The predicted molar refractivity (Wildman–Crippen MR) is 69.1 cm³/mol. The molecule has 2 N–H and O–H groups in total. The van der Waals surface area contributed by atoms with Crippen LogP contribution in [0, 0.1) is 0 Å². The van der Waals surface area contributed by atoms with E-state index in [1.165, 1.54) is 18.4 Å². The maximum absolute atomic E-state index is 10.4. The van der Waals surface area contributed by atoms with Crippen molar-refractivity contribution in [1.82, 2.24) is 5.32 Å². The fourth-order valence-corrected chi connectivity index (χ4v) is 1.71. The van der Waals surface area contributed by atoms with Crippen LogP contribution in [0.4, 0.5) is 0 Å². The number of nitrogens with one attached hydrogen (secondary N) is 1. The average Bonchev–Trinajstić information content (AvgIpc) is 2.34. The highest BCUT2D eigenvalue weighted by atomic mass is 16.4. The molecule has 0 aliphatic heterocycles. The summed E-state index contributed by atoms with van der Waals surface area (Å²) in [5, 5.41) is 11.5. The van der Waals surface area contributed by atoms with Crippen molar-refractivity contribution < 1.29 is 9.90 Å². The quantitative estimate of drug-likeness (QED) is 0.764. The lowest BCUT2D eigenvalue weighted by molar-refractivity contribution is -0.136. The molecule has 0 saturated carbocycles. The van der Waals surface area contributed by atoms with Crippen LogP contribution in [0.25, 0.3) is 0 Å². The van der Waals surface area contributed by atoms with Crippen molar-refractivity contribution in [3.05, 3.63) is 35.4 Å². The SMILES string of the molecule is CCCCc1ccc(C(C)NCC(=O)O)cc1. The number of aryl methyl sites for hydroxylation is 1. The van der Waals surface area contributed by atoms with E-state index in [1.54, 1.807) is 0 Å². The fourth-order valence-electron chi connectivity index (χ4n) is 1.71. The van der Waals surface area contributed by atoms with Crippen molar-refractivity contribution in [2.24, 2.45) is 0 Å². The molecular weight excluding hydrogens is 214 g/mol. The first-order valence-corrected chi connectivity index (χ1v) is 6.17. The number of carboxylic acids is 1. The molecule has 0 amide bonds. The molecule has 0 heterocycles. The molecule has 1 aromatic carbocycles. The number of benzene rings is 1. The number of carboxylic acid groups (broad SMARTS) is 1. The molecule has 1 aromatic rings. The van der Waals surface area contributed by atoms with Crippen LogP contribution in [0.3, 0.4) is 0 Å². The molecule has 0 aliphatic rings. The summed E-state index contributed by atoms with van der Waals surface area (Å²) < 4.78 is 0. The van der Waals surface area contributed by atoms with Crippen molar-refractivity contribution >= 4 is 5.97 Å². The van der Waals surface area contributed by atoms with Gasteiger partial charge in [0, 0.05) is 6.04 Å². The molecule has 1 atom stereocenters. The van der Waals surface area contributed by atoms with Crippen LogP contribution in [0.5, 0.6) is 0 Å². The molecule has 0 radical (unpaired) electrons. The van der Waals surface area contributed by atoms with E-state index in [2.05, 4.69) is 36.5 Å². The minimum Gasteiger partial charge on any atom is -0.480 e. The first-order valence-electron chi connectivity index (χ1n) is 6.17. The Hall–Kier alpha value is -1.35. The third-order valence-corrected chi connectivity index (χ3v) is 2.86. The van der Waals surface area contributed by atoms with Gasteiger partial charge in [-0.25, -0.2) is 0 Å². The van der Waals surface area contributed by atoms with Gasteiger partial charge >= 0.3 is 5.97 Å². The largest absolute Gasteiger partial charge is 0.480 e. The first kappa shape index (κ1) is 13.7. The fraction of sp³-hybridized carbons (Fsp3) is 0.500. The molecule has 0 bridgehead atoms. The van der Waals surface area contributed by atoms with Gasteiger partial charge in [0.05, 0.1) is 6.54 Å². The molecule has 3 nitrogen and oxygen atoms in total. The lowest BCUT2D eigenvalue weighted by Gasteiger charge is -2.13. The molecule has 3 heteroatoms. The number of hydrogen-bond acceptors (Lipinski definition) is 2. The Morgan fingerprint density at radius 1 is 1.35 bits per heavy atom. The summed E-state index contributed by atoms with van der Waals surface area (Å²) in [4.78, 5) is 10.4. The Morgan fingerprint density at radius 3 is 2.53 bits per heavy atom. The van der Waals surface area contributed by atoms with Gasteiger partial charge in [-0.15, -0.1) is 0 Å². The van der Waals surface area contributed by atoms with Gasteiger partial charge in [0.1, 0.15) is 0 Å². The average molecular weight is 235 g/mol. The third-order valence-electron chi connectivity index (χ3n) is 2.86. The first-order chi connectivity index (χ1) is 8.13. The molecular formula is C14H21NO2. The zero-order valence-electron chi connectivity index (χ0n) is 10.6. The number of hydrogen-bond donors (Lipinski definition) is 2. The summed E-state index contributed by atoms with van der Waals surface area (Å²) in [6, 6.07) is 8.48. The van der Waals surface area contributed by atoms with Gasteiger partial charge in [0.15, 0.2) is 0 Å².